The summed E-state index contributed by atoms with van der Waals surface area (Å²) < 4.78 is 16.3. The van der Waals surface area contributed by atoms with E-state index in [-0.39, 0.29) is 19.6 Å². The third kappa shape index (κ3) is 6.36. The van der Waals surface area contributed by atoms with Gasteiger partial charge in [0.2, 0.25) is 5.91 Å². The molecule has 1 amide bonds. The lowest BCUT2D eigenvalue weighted by atomic mass is 10.2. The molecule has 1 rings (SSSR count). The van der Waals surface area contributed by atoms with Gasteiger partial charge in [0.25, 0.3) is 0 Å². The lowest BCUT2D eigenvalue weighted by Crippen LogP contribution is -2.38. The van der Waals surface area contributed by atoms with E-state index in [1.165, 1.54) is 0 Å². The molecule has 122 valence electrons. The Morgan fingerprint density at radius 2 is 1.91 bits per heavy atom. The Kier molecular flexibility index (Phi) is 7.20. The molecule has 0 fully saturated rings. The first-order valence-electron chi connectivity index (χ1n) is 6.57. The number of rotatable bonds is 8. The van der Waals surface area contributed by atoms with E-state index < -0.39 is 31.7 Å². The van der Waals surface area contributed by atoms with E-state index in [0.29, 0.717) is 5.56 Å². The molecule has 1 aromatic rings. The van der Waals surface area contributed by atoms with Crippen LogP contribution in [0.25, 0.3) is 0 Å². The van der Waals surface area contributed by atoms with Gasteiger partial charge in [-0.3, -0.25) is 14.2 Å². The molecule has 8 nitrogen and oxygen atoms in total. The van der Waals surface area contributed by atoms with Crippen molar-refractivity contribution in [2.45, 2.75) is 18.7 Å². The fourth-order valence-electron chi connectivity index (χ4n) is 1.59. The summed E-state index contributed by atoms with van der Waals surface area (Å²) in [5, 5.41) is 2.26. The van der Waals surface area contributed by atoms with Gasteiger partial charge in [-0.1, -0.05) is 30.3 Å². The zero-order chi connectivity index (χ0) is 16.6. The van der Waals surface area contributed by atoms with Crippen LogP contribution in [0.2, 0.25) is 0 Å². The summed E-state index contributed by atoms with van der Waals surface area (Å²) in [5.41, 5.74) is 4.14. The van der Waals surface area contributed by atoms with Gasteiger partial charge in [0.1, 0.15) is 6.61 Å². The molecule has 0 radical (unpaired) electrons. The van der Waals surface area contributed by atoms with Crippen molar-refractivity contribution >= 4 is 19.5 Å². The first-order chi connectivity index (χ1) is 10.3. The van der Waals surface area contributed by atoms with Gasteiger partial charge in [0, 0.05) is 19.5 Å². The highest BCUT2D eigenvalue weighted by Crippen LogP contribution is 2.41. The zero-order valence-corrected chi connectivity index (χ0v) is 12.7. The minimum atomic E-state index is -4.75. The maximum Gasteiger partial charge on any atom is 0.341 e. The van der Waals surface area contributed by atoms with E-state index in [1.54, 1.807) is 30.3 Å². The van der Waals surface area contributed by atoms with Crippen molar-refractivity contribution in [2.24, 2.45) is 5.73 Å². The van der Waals surface area contributed by atoms with Crippen molar-refractivity contribution in [2.75, 3.05) is 13.1 Å². The van der Waals surface area contributed by atoms with Gasteiger partial charge in [-0.05, 0) is 5.56 Å². The van der Waals surface area contributed by atoms with Crippen LogP contribution in [0, 0.1) is 0 Å². The van der Waals surface area contributed by atoms with Crippen molar-refractivity contribution in [3.63, 3.8) is 0 Å². The van der Waals surface area contributed by atoms with Crippen molar-refractivity contribution in [3.8, 4) is 0 Å². The molecule has 1 unspecified atom stereocenters. The van der Waals surface area contributed by atoms with E-state index in [2.05, 4.69) is 5.32 Å². The first-order valence-corrected chi connectivity index (χ1v) is 8.25. The molecule has 9 heteroatoms. The van der Waals surface area contributed by atoms with Crippen molar-refractivity contribution in [1.29, 1.82) is 0 Å². The quantitative estimate of drug-likeness (QED) is 0.380. The zero-order valence-electron chi connectivity index (χ0n) is 11.8. The van der Waals surface area contributed by atoms with Gasteiger partial charge >= 0.3 is 13.6 Å². The summed E-state index contributed by atoms with van der Waals surface area (Å²) in [5.74, 6) is -1.55. The number of hydrogen-bond donors (Lipinski definition) is 4. The molecule has 0 aliphatic carbocycles. The van der Waals surface area contributed by atoms with E-state index in [4.69, 9.17) is 10.5 Å². The Morgan fingerprint density at radius 1 is 1.27 bits per heavy atom. The summed E-state index contributed by atoms with van der Waals surface area (Å²) in [6.07, 6.45) is 0.00689. The van der Waals surface area contributed by atoms with Gasteiger partial charge in [-0.2, -0.15) is 0 Å². The largest absolute Gasteiger partial charge is 0.460 e. The van der Waals surface area contributed by atoms with Crippen LogP contribution in [-0.2, 0) is 25.5 Å². The normalized spacial score (nSPS) is 12.5. The second kappa shape index (κ2) is 8.65. The SMILES string of the molecule is NCCC(=O)NCC(C(=O)OCc1ccccc1)P(=O)(O)O. The molecule has 5 N–H and O–H groups in total. The van der Waals surface area contributed by atoms with Crippen LogP contribution in [0.15, 0.2) is 30.3 Å². The third-order valence-electron chi connectivity index (χ3n) is 2.77. The summed E-state index contributed by atoms with van der Waals surface area (Å²) in [6, 6.07) is 8.70. The average molecular weight is 330 g/mol. The Hall–Kier alpha value is -1.73. The number of nitrogens with one attached hydrogen (secondary N) is 1. The van der Waals surface area contributed by atoms with Crippen molar-refractivity contribution < 1.29 is 28.7 Å². The van der Waals surface area contributed by atoms with Crippen LogP contribution >= 0.6 is 7.60 Å². The van der Waals surface area contributed by atoms with Crippen molar-refractivity contribution in [1.82, 2.24) is 5.32 Å². The van der Waals surface area contributed by atoms with E-state index in [1.807, 2.05) is 0 Å². The highest BCUT2D eigenvalue weighted by molar-refractivity contribution is 7.53. The summed E-state index contributed by atoms with van der Waals surface area (Å²) in [7, 11) is -4.75. The number of esters is 1. The van der Waals surface area contributed by atoms with E-state index in [9.17, 15) is 23.9 Å². The molecule has 0 spiro atoms. The minimum absolute atomic E-state index is 0.00689. The average Bonchev–Trinajstić information content (AvgIpc) is 2.45. The monoisotopic (exact) mass is 330 g/mol. The fourth-order valence-corrected chi connectivity index (χ4v) is 2.27. The molecule has 0 aliphatic heterocycles. The smallest absolute Gasteiger partial charge is 0.341 e. The van der Waals surface area contributed by atoms with Gasteiger partial charge in [-0.15, -0.1) is 0 Å². The summed E-state index contributed by atoms with van der Waals surface area (Å²) in [4.78, 5) is 41.6. The number of carbonyl (C=O) groups is 2. The molecule has 0 heterocycles. The predicted octanol–water partition coefficient (Wildman–Crippen LogP) is -0.259. The lowest BCUT2D eigenvalue weighted by molar-refractivity contribution is -0.144. The number of nitrogens with two attached hydrogens (primary N) is 1. The maximum absolute atomic E-state index is 11.8. The van der Waals surface area contributed by atoms with Gasteiger partial charge in [-0.25, -0.2) is 0 Å². The van der Waals surface area contributed by atoms with E-state index >= 15 is 0 Å². The number of benzene rings is 1. The molecule has 0 aromatic heterocycles. The molecular formula is C13H19N2O6P. The molecule has 1 atom stereocenters. The number of carbonyl (C=O) groups excluding carboxylic acids is 2. The first kappa shape index (κ1) is 18.3. The molecule has 1 aromatic carbocycles. The number of ether oxygens (including phenoxy) is 1. The van der Waals surface area contributed by atoms with Crippen LogP contribution < -0.4 is 11.1 Å². The van der Waals surface area contributed by atoms with Gasteiger partial charge in [0.05, 0.1) is 0 Å². The molecule has 0 bridgehead atoms. The minimum Gasteiger partial charge on any atom is -0.460 e. The second-order valence-electron chi connectivity index (χ2n) is 4.54. The molecule has 22 heavy (non-hydrogen) atoms. The fraction of sp³-hybridized carbons (Fsp3) is 0.385. The van der Waals surface area contributed by atoms with Crippen LogP contribution in [-0.4, -0.2) is 40.4 Å². The highest BCUT2D eigenvalue weighted by Gasteiger charge is 2.37. The van der Waals surface area contributed by atoms with Crippen LogP contribution in [0.1, 0.15) is 12.0 Å². The van der Waals surface area contributed by atoms with Crippen LogP contribution in [0.5, 0.6) is 0 Å². The molecular weight excluding hydrogens is 311 g/mol. The second-order valence-corrected chi connectivity index (χ2v) is 6.34. The Labute approximate surface area is 127 Å². The maximum atomic E-state index is 11.8. The summed E-state index contributed by atoms with van der Waals surface area (Å²) >= 11 is 0. The number of hydrogen-bond acceptors (Lipinski definition) is 5. The Bertz CT molecular complexity index is 545. The summed E-state index contributed by atoms with van der Waals surface area (Å²) in [6.45, 7) is -0.505. The van der Waals surface area contributed by atoms with Crippen molar-refractivity contribution in [3.05, 3.63) is 35.9 Å². The topological polar surface area (TPSA) is 139 Å². The molecule has 0 saturated carbocycles. The van der Waals surface area contributed by atoms with Gasteiger partial charge < -0.3 is 25.6 Å². The standard InChI is InChI=1S/C13H19N2O6P/c14-7-6-12(16)15-8-11(22(18,19)20)13(17)21-9-10-4-2-1-3-5-10/h1-5,11H,6-9,14H2,(H,15,16)(H2,18,19,20). The number of amides is 1. The lowest BCUT2D eigenvalue weighted by Gasteiger charge is -2.17. The van der Waals surface area contributed by atoms with Gasteiger partial charge in [0.15, 0.2) is 5.66 Å². The Balaban J connectivity index is 2.61. The van der Waals surface area contributed by atoms with Crippen LogP contribution in [0.3, 0.4) is 0 Å². The van der Waals surface area contributed by atoms with E-state index in [0.717, 1.165) is 0 Å². The predicted molar refractivity (Wildman–Crippen MR) is 78.8 cm³/mol. The van der Waals surface area contributed by atoms with Crippen LogP contribution in [0.4, 0.5) is 0 Å². The molecule has 0 saturated heterocycles. The molecule has 0 aliphatic rings. The third-order valence-corrected chi connectivity index (χ3v) is 3.97. The highest BCUT2D eigenvalue weighted by atomic mass is 31.2. The Morgan fingerprint density at radius 3 is 2.45 bits per heavy atom.